The van der Waals surface area contributed by atoms with Gasteiger partial charge in [0.25, 0.3) is 5.56 Å². The first-order valence-electron chi connectivity index (χ1n) is 3.43. The summed E-state index contributed by atoms with van der Waals surface area (Å²) >= 11 is 1.13. The molecule has 1 aromatic rings. The lowest BCUT2D eigenvalue weighted by molar-refractivity contribution is 0.807. The summed E-state index contributed by atoms with van der Waals surface area (Å²) < 4.78 is 0. The van der Waals surface area contributed by atoms with Gasteiger partial charge in [0.15, 0.2) is 5.03 Å². The molecule has 0 unspecified atom stereocenters. The molecule has 0 spiro atoms. The highest BCUT2D eigenvalue weighted by Crippen LogP contribution is 2.08. The molecule has 0 amide bonds. The van der Waals surface area contributed by atoms with Crippen LogP contribution in [0.15, 0.2) is 14.6 Å². The molecule has 68 valence electrons. The van der Waals surface area contributed by atoms with Crippen LogP contribution in [-0.4, -0.2) is 20.9 Å². The van der Waals surface area contributed by atoms with Crippen molar-refractivity contribution in [2.24, 2.45) is 0 Å². The Labute approximate surface area is 77.0 Å². The van der Waals surface area contributed by atoms with Gasteiger partial charge in [-0.05, 0) is 0 Å². The van der Waals surface area contributed by atoms with Gasteiger partial charge in [0.2, 0.25) is 0 Å². The van der Waals surface area contributed by atoms with Crippen LogP contribution < -0.4 is 11.2 Å². The van der Waals surface area contributed by atoms with Crippen molar-refractivity contribution in [3.05, 3.63) is 20.8 Å². The zero-order valence-electron chi connectivity index (χ0n) is 6.53. The lowest BCUT2D eigenvalue weighted by Crippen LogP contribution is -2.25. The lowest BCUT2D eigenvalue weighted by atomic mass is 10.6. The molecule has 1 aromatic heterocycles. The fourth-order valence-electron chi connectivity index (χ4n) is 0.628. The number of nitrogens with zero attached hydrogens (tertiary/aromatic N) is 2. The number of nitriles is 1. The van der Waals surface area contributed by atoms with Crippen molar-refractivity contribution in [1.29, 1.82) is 5.26 Å². The summed E-state index contributed by atoms with van der Waals surface area (Å²) in [5, 5.41) is 14.0. The molecule has 0 aromatic carbocycles. The van der Waals surface area contributed by atoms with Crippen molar-refractivity contribution in [2.75, 3.05) is 5.75 Å². The molecule has 0 fully saturated rings. The Morgan fingerprint density at radius 3 is 2.92 bits per heavy atom. The minimum atomic E-state index is -0.630. The highest BCUT2D eigenvalue weighted by atomic mass is 32.2. The van der Waals surface area contributed by atoms with Gasteiger partial charge in [-0.15, -0.1) is 0 Å². The predicted octanol–water partition coefficient (Wildman–Crippen LogP) is -0.536. The number of hydrogen-bond acceptors (Lipinski definition) is 5. The Morgan fingerprint density at radius 2 is 2.31 bits per heavy atom. The summed E-state index contributed by atoms with van der Waals surface area (Å²) in [4.78, 5) is 23.6. The van der Waals surface area contributed by atoms with Gasteiger partial charge < -0.3 is 0 Å². The Balaban J connectivity index is 2.74. The molecule has 0 bridgehead atoms. The van der Waals surface area contributed by atoms with Crippen LogP contribution in [-0.2, 0) is 0 Å². The zero-order valence-corrected chi connectivity index (χ0v) is 7.35. The van der Waals surface area contributed by atoms with E-state index in [1.165, 1.54) is 0 Å². The van der Waals surface area contributed by atoms with Crippen molar-refractivity contribution in [3.8, 4) is 6.07 Å². The van der Waals surface area contributed by atoms with Crippen molar-refractivity contribution < 1.29 is 0 Å². The van der Waals surface area contributed by atoms with Gasteiger partial charge in [-0.2, -0.15) is 10.4 Å². The van der Waals surface area contributed by atoms with Crippen LogP contribution in [0.4, 0.5) is 0 Å². The van der Waals surface area contributed by atoms with Crippen molar-refractivity contribution in [3.63, 3.8) is 0 Å². The number of thioether (sulfide) groups is 1. The van der Waals surface area contributed by atoms with Gasteiger partial charge >= 0.3 is 5.69 Å². The van der Waals surface area contributed by atoms with Crippen LogP contribution in [0.3, 0.4) is 0 Å². The standard InChI is InChI=1S/C6H6N4O2S/c7-2-1-3-13-5-4(11)8-6(12)10-9-5/h1,3H2,(H2,8,10,11,12). The topological polar surface area (TPSA) is 102 Å². The van der Waals surface area contributed by atoms with Gasteiger partial charge in [-0.3, -0.25) is 9.78 Å². The van der Waals surface area contributed by atoms with Gasteiger partial charge in [-0.25, -0.2) is 9.89 Å². The average molecular weight is 198 g/mol. The second kappa shape index (κ2) is 4.47. The summed E-state index contributed by atoms with van der Waals surface area (Å²) in [5.41, 5.74) is -1.15. The number of H-pyrrole nitrogens is 2. The normalized spacial score (nSPS) is 9.46. The van der Waals surface area contributed by atoms with E-state index in [0.717, 1.165) is 11.8 Å². The van der Waals surface area contributed by atoms with Crippen molar-refractivity contribution in [1.82, 2.24) is 15.2 Å². The Kier molecular flexibility index (Phi) is 3.28. The molecule has 7 heteroatoms. The Morgan fingerprint density at radius 1 is 1.54 bits per heavy atom. The third-order valence-electron chi connectivity index (χ3n) is 1.13. The van der Waals surface area contributed by atoms with Gasteiger partial charge in [0.05, 0.1) is 6.07 Å². The fraction of sp³-hybridized carbons (Fsp3) is 0.333. The third-order valence-corrected chi connectivity index (χ3v) is 2.09. The first-order valence-corrected chi connectivity index (χ1v) is 4.41. The quantitative estimate of drug-likeness (QED) is 0.501. The third kappa shape index (κ3) is 2.76. The Bertz CT molecular complexity index is 429. The molecule has 0 aliphatic rings. The number of aromatic amines is 2. The molecule has 0 saturated carbocycles. The molecule has 0 aliphatic carbocycles. The van der Waals surface area contributed by atoms with Crippen LogP contribution in [0, 0.1) is 11.3 Å². The van der Waals surface area contributed by atoms with Crippen molar-refractivity contribution in [2.45, 2.75) is 11.4 Å². The number of aromatic nitrogens is 3. The largest absolute Gasteiger partial charge is 0.342 e. The summed E-state index contributed by atoms with van der Waals surface area (Å²) in [5.74, 6) is 0.485. The van der Waals surface area contributed by atoms with E-state index in [1.54, 1.807) is 0 Å². The number of rotatable bonds is 3. The van der Waals surface area contributed by atoms with Crippen LogP contribution in [0.2, 0.25) is 0 Å². The smallest absolute Gasteiger partial charge is 0.271 e. The molecule has 1 rings (SSSR count). The minimum absolute atomic E-state index is 0.176. The molecule has 2 N–H and O–H groups in total. The first-order chi connectivity index (χ1) is 6.24. The molecule has 6 nitrogen and oxygen atoms in total. The van der Waals surface area contributed by atoms with E-state index in [-0.39, 0.29) is 5.03 Å². The number of nitrogens with one attached hydrogen (secondary N) is 2. The molecule has 13 heavy (non-hydrogen) atoms. The van der Waals surface area contributed by atoms with Crippen LogP contribution in [0.1, 0.15) is 6.42 Å². The van der Waals surface area contributed by atoms with Gasteiger partial charge in [0, 0.05) is 12.2 Å². The average Bonchev–Trinajstić information content (AvgIpc) is 2.09. The molecular formula is C6H6N4O2S. The SMILES string of the molecule is N#CCCSc1n[nH]c(=O)[nH]c1=O. The summed E-state index contributed by atoms with van der Waals surface area (Å²) in [6, 6.07) is 1.94. The van der Waals surface area contributed by atoms with Crippen LogP contribution >= 0.6 is 11.8 Å². The summed E-state index contributed by atoms with van der Waals surface area (Å²) in [6.45, 7) is 0. The lowest BCUT2D eigenvalue weighted by Gasteiger charge is -1.93. The Hall–Kier alpha value is -1.55. The van der Waals surface area contributed by atoms with Gasteiger partial charge in [0.1, 0.15) is 0 Å². The van der Waals surface area contributed by atoms with E-state index in [1.807, 2.05) is 11.1 Å². The maximum Gasteiger partial charge on any atom is 0.342 e. The van der Waals surface area contributed by atoms with E-state index >= 15 is 0 Å². The van der Waals surface area contributed by atoms with E-state index in [9.17, 15) is 9.59 Å². The van der Waals surface area contributed by atoms with E-state index < -0.39 is 11.2 Å². The van der Waals surface area contributed by atoms with E-state index in [2.05, 4.69) is 10.2 Å². The zero-order chi connectivity index (χ0) is 9.68. The maximum atomic E-state index is 11.0. The first kappa shape index (κ1) is 9.54. The monoisotopic (exact) mass is 198 g/mol. The number of hydrogen-bond donors (Lipinski definition) is 2. The minimum Gasteiger partial charge on any atom is -0.271 e. The molecule has 0 saturated heterocycles. The summed E-state index contributed by atoms with van der Waals surface area (Å²) in [7, 11) is 0. The van der Waals surface area contributed by atoms with Gasteiger partial charge in [-0.1, -0.05) is 11.8 Å². The van der Waals surface area contributed by atoms with E-state index in [4.69, 9.17) is 5.26 Å². The maximum absolute atomic E-state index is 11.0. The highest BCUT2D eigenvalue weighted by Gasteiger charge is 2.01. The molecule has 1 heterocycles. The van der Waals surface area contributed by atoms with Crippen LogP contribution in [0.25, 0.3) is 0 Å². The van der Waals surface area contributed by atoms with Crippen LogP contribution in [0.5, 0.6) is 0 Å². The second-order valence-corrected chi connectivity index (χ2v) is 3.15. The summed E-state index contributed by atoms with van der Waals surface area (Å²) in [6.07, 6.45) is 0.338. The second-order valence-electron chi connectivity index (χ2n) is 2.07. The predicted molar refractivity (Wildman–Crippen MR) is 46.4 cm³/mol. The van der Waals surface area contributed by atoms with Crippen molar-refractivity contribution >= 4 is 11.8 Å². The fourth-order valence-corrected chi connectivity index (χ4v) is 1.31. The molecule has 0 atom stereocenters. The molecule has 0 radical (unpaired) electrons. The molecular weight excluding hydrogens is 192 g/mol. The van der Waals surface area contributed by atoms with E-state index in [0.29, 0.717) is 12.2 Å². The highest BCUT2D eigenvalue weighted by molar-refractivity contribution is 7.99. The molecule has 0 aliphatic heterocycles.